The minimum absolute atomic E-state index is 0.113. The summed E-state index contributed by atoms with van der Waals surface area (Å²) in [4.78, 5) is 23.2. The highest BCUT2D eigenvalue weighted by Crippen LogP contribution is 2.18. The van der Waals surface area contributed by atoms with Crippen LogP contribution in [0.25, 0.3) is 0 Å². The van der Waals surface area contributed by atoms with E-state index in [1.54, 1.807) is 0 Å². The number of aliphatic carboxylic acids is 1. The first-order valence-corrected chi connectivity index (χ1v) is 7.92. The van der Waals surface area contributed by atoms with E-state index in [0.717, 1.165) is 11.3 Å². The number of carboxylic acids is 1. The Morgan fingerprint density at radius 2 is 1.83 bits per heavy atom. The van der Waals surface area contributed by atoms with E-state index >= 15 is 0 Å². The summed E-state index contributed by atoms with van der Waals surface area (Å²) < 4.78 is 5.37. The summed E-state index contributed by atoms with van der Waals surface area (Å²) in [5, 5.41) is 12.1. The van der Waals surface area contributed by atoms with Crippen molar-refractivity contribution in [2.45, 2.75) is 40.5 Å². The third kappa shape index (κ3) is 7.68. The lowest BCUT2D eigenvalue weighted by molar-refractivity contribution is -0.141. The third-order valence-electron chi connectivity index (χ3n) is 3.30. The van der Waals surface area contributed by atoms with E-state index < -0.39 is 11.9 Å². The largest absolute Gasteiger partial charge is 0.494 e. The summed E-state index contributed by atoms with van der Waals surface area (Å²) >= 11 is 0. The van der Waals surface area contributed by atoms with Gasteiger partial charge in [0.25, 0.3) is 0 Å². The van der Waals surface area contributed by atoms with E-state index in [9.17, 15) is 14.7 Å². The summed E-state index contributed by atoms with van der Waals surface area (Å²) in [6.45, 7) is 8.56. The zero-order chi connectivity index (χ0) is 17.5. The monoisotopic (exact) mass is 321 g/mol. The molecule has 1 atom stereocenters. The van der Waals surface area contributed by atoms with E-state index in [1.165, 1.54) is 0 Å². The number of carbonyl (C=O) groups is 2. The third-order valence-corrected chi connectivity index (χ3v) is 3.30. The number of carboxylic acid groups (broad SMARTS) is 1. The predicted molar refractivity (Wildman–Crippen MR) is 89.5 cm³/mol. The number of hydrogen-bond acceptors (Lipinski definition) is 3. The average Bonchev–Trinajstić information content (AvgIpc) is 2.43. The average molecular weight is 321 g/mol. The fourth-order valence-corrected chi connectivity index (χ4v) is 2.20. The van der Waals surface area contributed by atoms with Crippen LogP contribution in [0.3, 0.4) is 0 Å². The Bertz CT molecular complexity index is 517. The first kappa shape index (κ1) is 19.0. The van der Waals surface area contributed by atoms with Crippen LogP contribution in [-0.2, 0) is 16.0 Å². The fourth-order valence-electron chi connectivity index (χ4n) is 2.20. The van der Waals surface area contributed by atoms with Crippen LogP contribution in [0.4, 0.5) is 0 Å². The second-order valence-electron chi connectivity index (χ2n) is 6.86. The van der Waals surface area contributed by atoms with Crippen LogP contribution >= 0.6 is 0 Å². The minimum Gasteiger partial charge on any atom is -0.494 e. The zero-order valence-corrected chi connectivity index (χ0v) is 14.4. The number of rotatable bonds is 8. The summed E-state index contributed by atoms with van der Waals surface area (Å²) in [6.07, 6.45) is 0.750. The molecule has 1 unspecified atom stereocenters. The van der Waals surface area contributed by atoms with Gasteiger partial charge in [-0.1, -0.05) is 32.9 Å². The van der Waals surface area contributed by atoms with Gasteiger partial charge in [-0.2, -0.15) is 0 Å². The maximum atomic E-state index is 11.8. The van der Waals surface area contributed by atoms with Gasteiger partial charge in [-0.3, -0.25) is 9.59 Å². The topological polar surface area (TPSA) is 75.6 Å². The van der Waals surface area contributed by atoms with Crippen LogP contribution < -0.4 is 10.1 Å². The lowest BCUT2D eigenvalue weighted by Crippen LogP contribution is -2.35. The first-order valence-electron chi connectivity index (χ1n) is 7.92. The van der Waals surface area contributed by atoms with Gasteiger partial charge in [-0.15, -0.1) is 0 Å². The van der Waals surface area contributed by atoms with E-state index in [2.05, 4.69) is 5.32 Å². The molecule has 0 fully saturated rings. The Morgan fingerprint density at radius 3 is 2.30 bits per heavy atom. The Balaban J connectivity index is 2.58. The van der Waals surface area contributed by atoms with Gasteiger partial charge >= 0.3 is 5.97 Å². The number of nitrogens with one attached hydrogen (secondary N) is 1. The van der Waals surface area contributed by atoms with Crippen LogP contribution in [0, 0.1) is 11.3 Å². The Labute approximate surface area is 138 Å². The van der Waals surface area contributed by atoms with Gasteiger partial charge in [0.05, 0.1) is 12.5 Å². The van der Waals surface area contributed by atoms with Crippen molar-refractivity contribution in [2.24, 2.45) is 11.3 Å². The van der Waals surface area contributed by atoms with Crippen LogP contribution in [0.1, 0.15) is 39.7 Å². The van der Waals surface area contributed by atoms with Crippen molar-refractivity contribution in [1.29, 1.82) is 0 Å². The summed E-state index contributed by atoms with van der Waals surface area (Å²) in [5.74, 6) is -0.899. The lowest BCUT2D eigenvalue weighted by Gasteiger charge is -2.19. The number of carbonyl (C=O) groups excluding carboxylic acids is 1. The molecule has 128 valence electrons. The van der Waals surface area contributed by atoms with E-state index in [4.69, 9.17) is 4.74 Å². The predicted octanol–water partition coefficient (Wildman–Crippen LogP) is 2.88. The van der Waals surface area contributed by atoms with Gasteiger partial charge in [0.2, 0.25) is 5.91 Å². The molecule has 0 radical (unpaired) electrons. The number of benzene rings is 1. The van der Waals surface area contributed by atoms with Crippen LogP contribution in [0.15, 0.2) is 24.3 Å². The fraction of sp³-hybridized carbons (Fsp3) is 0.556. The lowest BCUT2D eigenvalue weighted by atomic mass is 9.91. The number of ether oxygens (including phenoxy) is 1. The van der Waals surface area contributed by atoms with Crippen molar-refractivity contribution in [3.8, 4) is 5.75 Å². The molecule has 23 heavy (non-hydrogen) atoms. The van der Waals surface area contributed by atoms with Crippen LogP contribution in [0.2, 0.25) is 0 Å². The molecule has 0 saturated carbocycles. The summed E-state index contributed by atoms with van der Waals surface area (Å²) in [5.41, 5.74) is 0.795. The van der Waals surface area contributed by atoms with Crippen molar-refractivity contribution in [3.63, 3.8) is 0 Å². The molecule has 5 heteroatoms. The molecule has 1 rings (SSSR count). The van der Waals surface area contributed by atoms with Gasteiger partial charge in [-0.25, -0.2) is 0 Å². The Hall–Kier alpha value is -2.04. The highest BCUT2D eigenvalue weighted by molar-refractivity contribution is 5.78. The van der Waals surface area contributed by atoms with E-state index in [1.807, 2.05) is 52.0 Å². The van der Waals surface area contributed by atoms with Crippen LogP contribution in [0.5, 0.6) is 5.75 Å². The van der Waals surface area contributed by atoms with Crippen molar-refractivity contribution < 1.29 is 19.4 Å². The highest BCUT2D eigenvalue weighted by atomic mass is 16.5. The maximum absolute atomic E-state index is 11.8. The molecular weight excluding hydrogens is 294 g/mol. The maximum Gasteiger partial charge on any atom is 0.308 e. The molecule has 0 aliphatic rings. The van der Waals surface area contributed by atoms with E-state index in [-0.39, 0.29) is 17.9 Å². The van der Waals surface area contributed by atoms with Crippen molar-refractivity contribution in [3.05, 3.63) is 29.8 Å². The van der Waals surface area contributed by atoms with E-state index in [0.29, 0.717) is 19.4 Å². The van der Waals surface area contributed by atoms with Gasteiger partial charge in [0, 0.05) is 13.0 Å². The van der Waals surface area contributed by atoms with Crippen molar-refractivity contribution in [2.75, 3.05) is 13.2 Å². The Morgan fingerprint density at radius 1 is 1.22 bits per heavy atom. The van der Waals surface area contributed by atoms with Crippen molar-refractivity contribution >= 4 is 11.9 Å². The smallest absolute Gasteiger partial charge is 0.308 e. The quantitative estimate of drug-likeness (QED) is 0.772. The first-order chi connectivity index (χ1) is 10.7. The highest BCUT2D eigenvalue weighted by Gasteiger charge is 2.21. The Kier molecular flexibility index (Phi) is 7.07. The molecule has 0 heterocycles. The normalized spacial score (nSPS) is 12.5. The zero-order valence-electron chi connectivity index (χ0n) is 14.4. The second kappa shape index (κ2) is 8.56. The molecule has 0 aromatic heterocycles. The van der Waals surface area contributed by atoms with Gasteiger partial charge in [-0.05, 0) is 36.5 Å². The minimum atomic E-state index is -0.907. The standard InChI is InChI=1S/C18H27NO4/c1-5-23-15-8-6-13(7-9-15)10-14(17(21)22)12-19-16(20)11-18(2,3)4/h6-9,14H,5,10-12H2,1-4H3,(H,19,20)(H,21,22). The molecule has 0 spiro atoms. The molecule has 0 bridgehead atoms. The van der Waals surface area contributed by atoms with Gasteiger partial charge in [0.1, 0.15) is 5.75 Å². The van der Waals surface area contributed by atoms with Gasteiger partial charge in [0.15, 0.2) is 0 Å². The number of amides is 1. The molecule has 0 aliphatic heterocycles. The second-order valence-corrected chi connectivity index (χ2v) is 6.86. The van der Waals surface area contributed by atoms with Gasteiger partial charge < -0.3 is 15.2 Å². The molecule has 5 nitrogen and oxygen atoms in total. The SMILES string of the molecule is CCOc1ccc(CC(CNC(=O)CC(C)(C)C)C(=O)O)cc1. The molecule has 1 amide bonds. The summed E-state index contributed by atoms with van der Waals surface area (Å²) in [7, 11) is 0. The van der Waals surface area contributed by atoms with Crippen molar-refractivity contribution in [1.82, 2.24) is 5.32 Å². The van der Waals surface area contributed by atoms with Crippen LogP contribution in [-0.4, -0.2) is 30.1 Å². The molecule has 1 aromatic rings. The molecule has 2 N–H and O–H groups in total. The molecular formula is C18H27NO4. The number of hydrogen-bond donors (Lipinski definition) is 2. The molecule has 1 aromatic carbocycles. The molecule has 0 aliphatic carbocycles. The molecule has 0 saturated heterocycles. The summed E-state index contributed by atoms with van der Waals surface area (Å²) in [6, 6.07) is 7.38.